The summed E-state index contributed by atoms with van der Waals surface area (Å²) in [4.78, 5) is 2.36. The molecule has 0 fully saturated rings. The van der Waals surface area contributed by atoms with Gasteiger partial charge >= 0.3 is 0 Å². The summed E-state index contributed by atoms with van der Waals surface area (Å²) < 4.78 is 7.59. The Morgan fingerprint density at radius 2 is 1.78 bits per heavy atom. The van der Waals surface area contributed by atoms with Crippen molar-refractivity contribution in [2.45, 2.75) is 19.6 Å². The van der Waals surface area contributed by atoms with Crippen LogP contribution in [0.15, 0.2) is 72.9 Å². The smallest absolute Gasteiger partial charge is 0.0991 e. The summed E-state index contributed by atoms with van der Waals surface area (Å²) in [6.45, 7) is 4.00. The monoisotopic (exact) mass is 359 g/mol. The van der Waals surface area contributed by atoms with E-state index in [1.54, 1.807) is 7.11 Å². The Bertz CT molecular complexity index is 880. The van der Waals surface area contributed by atoms with Gasteiger partial charge in [-0.1, -0.05) is 42.5 Å². The first-order chi connectivity index (χ1) is 13.3. The summed E-state index contributed by atoms with van der Waals surface area (Å²) >= 11 is 0. The maximum atomic E-state index is 9.13. The van der Waals surface area contributed by atoms with Crippen LogP contribution in [0.3, 0.4) is 0 Å². The van der Waals surface area contributed by atoms with E-state index in [1.165, 1.54) is 11.3 Å². The Morgan fingerprint density at radius 1 is 0.963 bits per heavy atom. The van der Waals surface area contributed by atoms with Gasteiger partial charge in [-0.05, 0) is 35.4 Å². The van der Waals surface area contributed by atoms with Gasteiger partial charge in [0.15, 0.2) is 0 Å². The van der Waals surface area contributed by atoms with Crippen LogP contribution >= 0.6 is 0 Å². The van der Waals surface area contributed by atoms with Crippen molar-refractivity contribution in [1.29, 1.82) is 5.26 Å². The lowest BCUT2D eigenvalue weighted by Gasteiger charge is -2.23. The number of benzene rings is 2. The van der Waals surface area contributed by atoms with E-state index in [4.69, 9.17) is 10.00 Å². The molecule has 0 aliphatic heterocycles. The quantitative estimate of drug-likeness (QED) is 0.579. The topological polar surface area (TPSA) is 41.2 Å². The molecule has 138 valence electrons. The van der Waals surface area contributed by atoms with E-state index in [9.17, 15) is 0 Å². The van der Waals surface area contributed by atoms with Crippen LogP contribution in [0.5, 0.6) is 0 Å². The maximum absolute atomic E-state index is 9.13. The van der Waals surface area contributed by atoms with Crippen LogP contribution in [0.25, 0.3) is 0 Å². The maximum Gasteiger partial charge on any atom is 0.0991 e. The van der Waals surface area contributed by atoms with E-state index in [-0.39, 0.29) is 0 Å². The standard InChI is InChI=1S/C23H25N3O/c1-27-14-13-25(17-22-10-5-9-21(15-22)16-24)19-23-11-6-12-26(23)18-20-7-3-2-4-8-20/h2-12,15H,13-14,17-19H2,1H3. The van der Waals surface area contributed by atoms with Crippen LogP contribution in [0.4, 0.5) is 0 Å². The lowest BCUT2D eigenvalue weighted by Crippen LogP contribution is -2.27. The number of aromatic nitrogens is 1. The average molecular weight is 359 g/mol. The van der Waals surface area contributed by atoms with Crippen molar-refractivity contribution in [3.05, 3.63) is 95.3 Å². The summed E-state index contributed by atoms with van der Waals surface area (Å²) in [6.07, 6.45) is 2.13. The molecule has 0 N–H and O–H groups in total. The van der Waals surface area contributed by atoms with Gasteiger partial charge in [-0.2, -0.15) is 5.26 Å². The molecule has 0 amide bonds. The molecule has 0 spiro atoms. The number of rotatable bonds is 9. The zero-order valence-electron chi connectivity index (χ0n) is 15.7. The summed E-state index contributed by atoms with van der Waals surface area (Å²) in [5, 5.41) is 9.13. The Hall–Kier alpha value is -2.87. The number of nitriles is 1. The van der Waals surface area contributed by atoms with Gasteiger partial charge in [-0.25, -0.2) is 0 Å². The summed E-state index contributed by atoms with van der Waals surface area (Å²) in [5.41, 5.74) is 4.41. The minimum atomic E-state index is 0.678. The zero-order chi connectivity index (χ0) is 18.9. The summed E-state index contributed by atoms with van der Waals surface area (Å²) in [6, 6.07) is 24.8. The van der Waals surface area contributed by atoms with Gasteiger partial charge < -0.3 is 9.30 Å². The van der Waals surface area contributed by atoms with Gasteiger partial charge in [0.2, 0.25) is 0 Å². The molecule has 0 unspecified atom stereocenters. The molecule has 1 aromatic heterocycles. The zero-order valence-corrected chi connectivity index (χ0v) is 15.7. The number of hydrogen-bond donors (Lipinski definition) is 0. The van der Waals surface area contributed by atoms with Gasteiger partial charge in [0, 0.05) is 45.2 Å². The van der Waals surface area contributed by atoms with Crippen LogP contribution in [0, 0.1) is 11.3 Å². The lowest BCUT2D eigenvalue weighted by molar-refractivity contribution is 0.138. The van der Waals surface area contributed by atoms with E-state index in [1.807, 2.05) is 24.3 Å². The van der Waals surface area contributed by atoms with Crippen molar-refractivity contribution in [3.63, 3.8) is 0 Å². The SMILES string of the molecule is COCCN(Cc1cccc(C#N)c1)Cc1cccn1Cc1ccccc1. The van der Waals surface area contributed by atoms with Gasteiger partial charge in [0.05, 0.1) is 18.2 Å². The van der Waals surface area contributed by atoms with Crippen LogP contribution < -0.4 is 0 Å². The highest BCUT2D eigenvalue weighted by Gasteiger charge is 2.11. The van der Waals surface area contributed by atoms with E-state index in [0.29, 0.717) is 12.2 Å². The minimum absolute atomic E-state index is 0.678. The van der Waals surface area contributed by atoms with Crippen LogP contribution in [0.1, 0.15) is 22.4 Å². The highest BCUT2D eigenvalue weighted by atomic mass is 16.5. The molecular weight excluding hydrogens is 334 g/mol. The first-order valence-electron chi connectivity index (χ1n) is 9.17. The normalized spacial score (nSPS) is 10.9. The molecule has 0 atom stereocenters. The molecule has 1 heterocycles. The van der Waals surface area contributed by atoms with E-state index in [2.05, 4.69) is 64.2 Å². The molecule has 0 saturated heterocycles. The van der Waals surface area contributed by atoms with Crippen molar-refractivity contribution in [2.24, 2.45) is 0 Å². The molecule has 3 aromatic rings. The lowest BCUT2D eigenvalue weighted by atomic mass is 10.1. The van der Waals surface area contributed by atoms with Crippen LogP contribution in [0.2, 0.25) is 0 Å². The predicted molar refractivity (Wildman–Crippen MR) is 107 cm³/mol. The van der Waals surface area contributed by atoms with Gasteiger partial charge in [-0.3, -0.25) is 4.90 Å². The Morgan fingerprint density at radius 3 is 2.56 bits per heavy atom. The molecular formula is C23H25N3O. The second kappa shape index (κ2) is 9.72. The Labute approximate surface area is 161 Å². The highest BCUT2D eigenvalue weighted by molar-refractivity contribution is 5.32. The second-order valence-corrected chi connectivity index (χ2v) is 6.63. The molecule has 0 aliphatic carbocycles. The molecule has 0 radical (unpaired) electrons. The number of methoxy groups -OCH3 is 1. The van der Waals surface area contributed by atoms with Gasteiger partial charge in [0.1, 0.15) is 0 Å². The predicted octanol–water partition coefficient (Wildman–Crippen LogP) is 4.06. The molecule has 3 rings (SSSR count). The molecule has 4 heteroatoms. The molecule has 2 aromatic carbocycles. The third-order valence-electron chi connectivity index (χ3n) is 4.58. The van der Waals surface area contributed by atoms with Crippen molar-refractivity contribution in [2.75, 3.05) is 20.3 Å². The van der Waals surface area contributed by atoms with Crippen molar-refractivity contribution in [1.82, 2.24) is 9.47 Å². The van der Waals surface area contributed by atoms with E-state index >= 15 is 0 Å². The highest BCUT2D eigenvalue weighted by Crippen LogP contribution is 2.14. The second-order valence-electron chi connectivity index (χ2n) is 6.63. The number of hydrogen-bond acceptors (Lipinski definition) is 3. The van der Waals surface area contributed by atoms with Gasteiger partial charge in [-0.15, -0.1) is 0 Å². The van der Waals surface area contributed by atoms with Crippen molar-refractivity contribution in [3.8, 4) is 6.07 Å². The number of nitrogens with zero attached hydrogens (tertiary/aromatic N) is 3. The fourth-order valence-corrected chi connectivity index (χ4v) is 3.19. The summed E-state index contributed by atoms with van der Waals surface area (Å²) in [7, 11) is 1.73. The molecule has 0 aliphatic rings. The van der Waals surface area contributed by atoms with E-state index in [0.717, 1.165) is 31.7 Å². The number of ether oxygens (including phenoxy) is 1. The first kappa shape index (κ1) is 18.9. The third kappa shape index (κ3) is 5.55. The largest absolute Gasteiger partial charge is 0.383 e. The van der Waals surface area contributed by atoms with Gasteiger partial charge in [0.25, 0.3) is 0 Å². The molecule has 27 heavy (non-hydrogen) atoms. The fourth-order valence-electron chi connectivity index (χ4n) is 3.19. The first-order valence-corrected chi connectivity index (χ1v) is 9.17. The van der Waals surface area contributed by atoms with Crippen LogP contribution in [-0.2, 0) is 24.4 Å². The Balaban J connectivity index is 1.73. The van der Waals surface area contributed by atoms with Crippen LogP contribution in [-0.4, -0.2) is 29.7 Å². The fraction of sp³-hybridized carbons (Fsp3) is 0.261. The van der Waals surface area contributed by atoms with Crippen molar-refractivity contribution < 1.29 is 4.74 Å². The third-order valence-corrected chi connectivity index (χ3v) is 4.58. The Kier molecular flexibility index (Phi) is 6.81. The molecule has 4 nitrogen and oxygen atoms in total. The molecule has 0 bridgehead atoms. The minimum Gasteiger partial charge on any atom is -0.383 e. The molecule has 0 saturated carbocycles. The average Bonchev–Trinajstić information content (AvgIpc) is 3.13. The summed E-state index contributed by atoms with van der Waals surface area (Å²) in [5.74, 6) is 0. The van der Waals surface area contributed by atoms with Crippen molar-refractivity contribution >= 4 is 0 Å². The van der Waals surface area contributed by atoms with E-state index < -0.39 is 0 Å².